The van der Waals surface area contributed by atoms with Crippen LogP contribution in [-0.4, -0.2) is 0 Å². The van der Waals surface area contributed by atoms with Gasteiger partial charge in [0.15, 0.2) is 0 Å². The van der Waals surface area contributed by atoms with Crippen molar-refractivity contribution < 1.29 is 0 Å². The predicted octanol–water partition coefficient (Wildman–Crippen LogP) is 3.85. The summed E-state index contributed by atoms with van der Waals surface area (Å²) in [6, 6.07) is 4.25. The van der Waals surface area contributed by atoms with Crippen molar-refractivity contribution in [3.63, 3.8) is 0 Å². The molecule has 1 nitrogen and oxygen atoms in total. The van der Waals surface area contributed by atoms with Crippen LogP contribution in [0.4, 0.5) is 0 Å². The number of nitriles is 1. The lowest BCUT2D eigenvalue weighted by Crippen LogP contribution is -1.96. The third-order valence-electron chi connectivity index (χ3n) is 3.19. The van der Waals surface area contributed by atoms with E-state index in [1.165, 1.54) is 27.8 Å². The average Bonchev–Trinajstić information content (AvgIpc) is 2.20. The van der Waals surface area contributed by atoms with Crippen LogP contribution in [0.25, 0.3) is 5.57 Å². The molecule has 0 saturated carbocycles. The van der Waals surface area contributed by atoms with E-state index in [1.54, 1.807) is 6.08 Å². The van der Waals surface area contributed by atoms with Crippen molar-refractivity contribution in [3.8, 4) is 6.07 Å². The lowest BCUT2D eigenvalue weighted by molar-refractivity contribution is 1.20. The summed E-state index contributed by atoms with van der Waals surface area (Å²) in [4.78, 5) is 0. The lowest BCUT2D eigenvalue weighted by Gasteiger charge is -2.14. The molecule has 0 radical (unpaired) electrons. The molecule has 1 rings (SSSR count). The average molecular weight is 199 g/mol. The van der Waals surface area contributed by atoms with Crippen molar-refractivity contribution in [2.45, 2.75) is 34.6 Å². The minimum Gasteiger partial charge on any atom is -0.193 e. The van der Waals surface area contributed by atoms with Gasteiger partial charge >= 0.3 is 0 Å². The van der Waals surface area contributed by atoms with E-state index in [2.05, 4.69) is 39.8 Å². The van der Waals surface area contributed by atoms with E-state index in [0.717, 1.165) is 5.57 Å². The Kier molecular flexibility index (Phi) is 3.31. The Hall–Kier alpha value is -1.55. The first-order chi connectivity index (χ1) is 6.99. The third-order valence-corrected chi connectivity index (χ3v) is 3.19. The first kappa shape index (κ1) is 11.5. The molecular weight excluding hydrogens is 182 g/mol. The Morgan fingerprint density at radius 1 is 1.13 bits per heavy atom. The van der Waals surface area contributed by atoms with Crippen molar-refractivity contribution in [2.75, 3.05) is 0 Å². The van der Waals surface area contributed by atoms with Gasteiger partial charge in [-0.25, -0.2) is 0 Å². The Labute approximate surface area is 92.1 Å². The first-order valence-corrected chi connectivity index (χ1v) is 5.13. The molecule has 0 aliphatic heterocycles. The highest BCUT2D eigenvalue weighted by molar-refractivity contribution is 5.70. The molecule has 0 N–H and O–H groups in total. The summed E-state index contributed by atoms with van der Waals surface area (Å²) < 4.78 is 0. The minimum absolute atomic E-state index is 1.04. The molecule has 0 aliphatic carbocycles. The summed E-state index contributed by atoms with van der Waals surface area (Å²) in [7, 11) is 0. The van der Waals surface area contributed by atoms with Gasteiger partial charge in [0.1, 0.15) is 0 Å². The van der Waals surface area contributed by atoms with Crippen LogP contribution in [0.5, 0.6) is 0 Å². The van der Waals surface area contributed by atoms with Crippen LogP contribution in [0.1, 0.15) is 34.7 Å². The van der Waals surface area contributed by atoms with Crippen LogP contribution in [0.3, 0.4) is 0 Å². The van der Waals surface area contributed by atoms with Crippen molar-refractivity contribution in [2.24, 2.45) is 0 Å². The SMILES string of the molecule is C/C(=C/C#N)c1cc(C)c(C)c(C)c1C. The van der Waals surface area contributed by atoms with Gasteiger partial charge in [0.25, 0.3) is 0 Å². The van der Waals surface area contributed by atoms with Gasteiger partial charge in [-0.05, 0) is 68.0 Å². The zero-order chi connectivity index (χ0) is 11.6. The summed E-state index contributed by atoms with van der Waals surface area (Å²) in [5, 5.41) is 8.66. The fraction of sp³-hybridized carbons (Fsp3) is 0.357. The molecule has 0 aromatic heterocycles. The van der Waals surface area contributed by atoms with Crippen LogP contribution in [-0.2, 0) is 0 Å². The topological polar surface area (TPSA) is 23.8 Å². The fourth-order valence-electron chi connectivity index (χ4n) is 1.80. The standard InChI is InChI=1S/C14H17N/c1-9(6-7-15)14-8-10(2)11(3)12(4)13(14)5/h6,8H,1-5H3/b9-6-. The molecule has 0 unspecified atom stereocenters. The zero-order valence-electron chi connectivity index (χ0n) is 10.1. The Balaban J connectivity index is 3.47. The van der Waals surface area contributed by atoms with Crippen molar-refractivity contribution >= 4 is 5.57 Å². The molecule has 0 saturated heterocycles. The molecule has 1 heteroatoms. The monoisotopic (exact) mass is 199 g/mol. The molecule has 0 aliphatic rings. The van der Waals surface area contributed by atoms with Gasteiger partial charge in [0.05, 0.1) is 6.07 Å². The summed E-state index contributed by atoms with van der Waals surface area (Å²) in [6.07, 6.45) is 1.61. The van der Waals surface area contributed by atoms with E-state index in [0.29, 0.717) is 0 Å². The van der Waals surface area contributed by atoms with Gasteiger partial charge in [-0.1, -0.05) is 6.07 Å². The number of hydrogen-bond donors (Lipinski definition) is 0. The van der Waals surface area contributed by atoms with E-state index < -0.39 is 0 Å². The second kappa shape index (κ2) is 4.31. The molecule has 0 fully saturated rings. The Morgan fingerprint density at radius 3 is 2.27 bits per heavy atom. The Morgan fingerprint density at radius 2 is 1.73 bits per heavy atom. The van der Waals surface area contributed by atoms with Gasteiger partial charge < -0.3 is 0 Å². The molecule has 78 valence electrons. The highest BCUT2D eigenvalue weighted by Gasteiger charge is 2.07. The van der Waals surface area contributed by atoms with Crippen LogP contribution >= 0.6 is 0 Å². The van der Waals surface area contributed by atoms with Gasteiger partial charge in [0.2, 0.25) is 0 Å². The van der Waals surface area contributed by atoms with Crippen molar-refractivity contribution in [3.05, 3.63) is 40.0 Å². The van der Waals surface area contributed by atoms with Crippen molar-refractivity contribution in [1.82, 2.24) is 0 Å². The maximum absolute atomic E-state index is 8.66. The van der Waals surface area contributed by atoms with E-state index in [9.17, 15) is 0 Å². The van der Waals surface area contributed by atoms with Gasteiger partial charge in [-0.3, -0.25) is 0 Å². The second-order valence-corrected chi connectivity index (χ2v) is 4.07. The molecule has 1 aromatic rings. The van der Waals surface area contributed by atoms with Crippen LogP contribution in [0.2, 0.25) is 0 Å². The number of aryl methyl sites for hydroxylation is 1. The smallest absolute Gasteiger partial charge is 0.0915 e. The molecule has 0 atom stereocenters. The van der Waals surface area contributed by atoms with Crippen LogP contribution in [0.15, 0.2) is 12.1 Å². The number of nitrogens with zero attached hydrogens (tertiary/aromatic N) is 1. The fourth-order valence-corrected chi connectivity index (χ4v) is 1.80. The molecule has 0 spiro atoms. The number of rotatable bonds is 1. The summed E-state index contributed by atoms with van der Waals surface area (Å²) in [6.45, 7) is 10.5. The molecule has 0 heterocycles. The molecule has 0 bridgehead atoms. The second-order valence-electron chi connectivity index (χ2n) is 4.07. The lowest BCUT2D eigenvalue weighted by atomic mass is 9.91. The minimum atomic E-state index is 1.04. The van der Waals surface area contributed by atoms with Crippen LogP contribution in [0, 0.1) is 39.0 Å². The number of allylic oxidation sites excluding steroid dienone is 2. The summed E-state index contributed by atoms with van der Waals surface area (Å²) in [5.74, 6) is 0. The predicted molar refractivity (Wildman–Crippen MR) is 64.7 cm³/mol. The zero-order valence-corrected chi connectivity index (χ0v) is 10.1. The summed E-state index contributed by atoms with van der Waals surface area (Å²) >= 11 is 0. The van der Waals surface area contributed by atoms with Crippen LogP contribution < -0.4 is 0 Å². The van der Waals surface area contributed by atoms with Crippen molar-refractivity contribution in [1.29, 1.82) is 5.26 Å². The van der Waals surface area contributed by atoms with Gasteiger partial charge in [-0.15, -0.1) is 0 Å². The van der Waals surface area contributed by atoms with E-state index >= 15 is 0 Å². The maximum atomic E-state index is 8.66. The number of benzene rings is 1. The maximum Gasteiger partial charge on any atom is 0.0915 e. The third kappa shape index (κ3) is 2.10. The van der Waals surface area contributed by atoms with E-state index in [-0.39, 0.29) is 0 Å². The summed E-state index contributed by atoms with van der Waals surface area (Å²) in [5.41, 5.74) is 7.48. The molecule has 0 amide bonds. The normalized spacial score (nSPS) is 11.3. The Bertz CT molecular complexity index is 459. The first-order valence-electron chi connectivity index (χ1n) is 5.13. The van der Waals surface area contributed by atoms with Gasteiger partial charge in [0, 0.05) is 6.08 Å². The molecular formula is C14H17N. The quantitative estimate of drug-likeness (QED) is 0.630. The highest BCUT2D eigenvalue weighted by Crippen LogP contribution is 2.26. The largest absolute Gasteiger partial charge is 0.193 e. The van der Waals surface area contributed by atoms with E-state index in [4.69, 9.17) is 5.26 Å². The molecule has 15 heavy (non-hydrogen) atoms. The number of hydrogen-bond acceptors (Lipinski definition) is 1. The van der Waals surface area contributed by atoms with E-state index in [1.807, 2.05) is 6.92 Å². The molecule has 1 aromatic carbocycles. The highest BCUT2D eigenvalue weighted by atomic mass is 14.2. The van der Waals surface area contributed by atoms with Gasteiger partial charge in [-0.2, -0.15) is 5.26 Å².